The molecule has 0 bridgehead atoms. The van der Waals surface area contributed by atoms with Crippen LogP contribution in [0.5, 0.6) is 5.75 Å². The summed E-state index contributed by atoms with van der Waals surface area (Å²) in [4.78, 5) is 11.4. The third-order valence-electron chi connectivity index (χ3n) is 2.41. The van der Waals surface area contributed by atoms with Crippen molar-refractivity contribution in [2.24, 2.45) is 0 Å². The highest BCUT2D eigenvalue weighted by Gasteiger charge is 2.09. The van der Waals surface area contributed by atoms with Gasteiger partial charge in [-0.2, -0.15) is 0 Å². The van der Waals surface area contributed by atoms with Gasteiger partial charge in [-0.25, -0.2) is 0 Å². The van der Waals surface area contributed by atoms with E-state index in [0.717, 1.165) is 22.4 Å². The fourth-order valence-corrected chi connectivity index (χ4v) is 1.81. The number of aryl methyl sites for hydroxylation is 2. The lowest BCUT2D eigenvalue weighted by molar-refractivity contribution is 0.101. The SMILES string of the molecule is COCCOc1cc(C)c(C(C)=O)c(C)c1. The molecule has 0 aliphatic carbocycles. The van der Waals surface area contributed by atoms with Gasteiger partial charge in [0.05, 0.1) is 6.61 Å². The number of ketones is 1. The zero-order valence-electron chi connectivity index (χ0n) is 10.3. The fourth-order valence-electron chi connectivity index (χ4n) is 1.81. The van der Waals surface area contributed by atoms with Crippen LogP contribution in [0.25, 0.3) is 0 Å². The second-order valence-electron chi connectivity index (χ2n) is 3.83. The fraction of sp³-hybridized carbons (Fsp3) is 0.462. The Morgan fingerprint density at radius 1 is 1.19 bits per heavy atom. The summed E-state index contributed by atoms with van der Waals surface area (Å²) in [5.41, 5.74) is 2.71. The van der Waals surface area contributed by atoms with Crippen LogP contribution in [0, 0.1) is 13.8 Å². The standard InChI is InChI=1S/C13H18O3/c1-9-7-12(16-6-5-15-4)8-10(2)13(9)11(3)14/h7-8H,5-6H2,1-4H3. The Bertz CT molecular complexity index is 360. The van der Waals surface area contributed by atoms with Crippen LogP contribution in [0.4, 0.5) is 0 Å². The summed E-state index contributed by atoms with van der Waals surface area (Å²) < 4.78 is 10.4. The van der Waals surface area contributed by atoms with Crippen molar-refractivity contribution in [3.8, 4) is 5.75 Å². The van der Waals surface area contributed by atoms with E-state index < -0.39 is 0 Å². The predicted octanol–water partition coefficient (Wildman–Crippen LogP) is 2.53. The molecule has 0 unspecified atom stereocenters. The van der Waals surface area contributed by atoms with Gasteiger partial charge in [-0.05, 0) is 44.0 Å². The van der Waals surface area contributed by atoms with Crippen LogP contribution in [0.2, 0.25) is 0 Å². The van der Waals surface area contributed by atoms with E-state index in [0.29, 0.717) is 13.2 Å². The molecule has 1 aromatic carbocycles. The first-order valence-corrected chi connectivity index (χ1v) is 5.30. The highest BCUT2D eigenvalue weighted by molar-refractivity contribution is 5.97. The maximum absolute atomic E-state index is 11.4. The molecule has 0 aliphatic heterocycles. The minimum Gasteiger partial charge on any atom is -0.491 e. The summed E-state index contributed by atoms with van der Waals surface area (Å²) in [6, 6.07) is 3.78. The Morgan fingerprint density at radius 3 is 2.19 bits per heavy atom. The number of ether oxygens (including phenoxy) is 2. The number of hydrogen-bond acceptors (Lipinski definition) is 3. The van der Waals surface area contributed by atoms with Crippen LogP contribution in [0.15, 0.2) is 12.1 Å². The topological polar surface area (TPSA) is 35.5 Å². The highest BCUT2D eigenvalue weighted by atomic mass is 16.5. The lowest BCUT2D eigenvalue weighted by Crippen LogP contribution is -2.06. The average Bonchev–Trinajstić information content (AvgIpc) is 2.16. The van der Waals surface area contributed by atoms with Crippen molar-refractivity contribution in [3.63, 3.8) is 0 Å². The van der Waals surface area contributed by atoms with Gasteiger partial charge in [-0.3, -0.25) is 4.79 Å². The third kappa shape index (κ3) is 3.07. The van der Waals surface area contributed by atoms with E-state index in [1.54, 1.807) is 14.0 Å². The van der Waals surface area contributed by atoms with E-state index in [2.05, 4.69) is 0 Å². The quantitative estimate of drug-likeness (QED) is 0.567. The average molecular weight is 222 g/mol. The molecule has 3 heteroatoms. The molecule has 3 nitrogen and oxygen atoms in total. The molecular weight excluding hydrogens is 204 g/mol. The van der Waals surface area contributed by atoms with E-state index in [1.165, 1.54) is 0 Å². The second kappa shape index (κ2) is 5.66. The van der Waals surface area contributed by atoms with Crippen LogP contribution >= 0.6 is 0 Å². The van der Waals surface area contributed by atoms with Crippen LogP contribution in [0.3, 0.4) is 0 Å². The van der Waals surface area contributed by atoms with Gasteiger partial charge in [0.15, 0.2) is 5.78 Å². The van der Waals surface area contributed by atoms with Gasteiger partial charge in [0.1, 0.15) is 12.4 Å². The smallest absolute Gasteiger partial charge is 0.160 e. The minimum atomic E-state index is 0.0958. The number of hydrogen-bond donors (Lipinski definition) is 0. The van der Waals surface area contributed by atoms with Crippen molar-refractivity contribution in [2.45, 2.75) is 20.8 Å². The Hall–Kier alpha value is -1.35. The predicted molar refractivity (Wildman–Crippen MR) is 63.3 cm³/mol. The van der Waals surface area contributed by atoms with Gasteiger partial charge < -0.3 is 9.47 Å². The Balaban J connectivity index is 2.87. The first-order valence-electron chi connectivity index (χ1n) is 5.30. The molecule has 0 heterocycles. The van der Waals surface area contributed by atoms with E-state index in [9.17, 15) is 4.79 Å². The van der Waals surface area contributed by atoms with Crippen LogP contribution in [0.1, 0.15) is 28.4 Å². The van der Waals surface area contributed by atoms with Crippen molar-refractivity contribution in [1.82, 2.24) is 0 Å². The summed E-state index contributed by atoms with van der Waals surface area (Å²) in [6.07, 6.45) is 0. The summed E-state index contributed by atoms with van der Waals surface area (Å²) >= 11 is 0. The molecule has 0 spiro atoms. The molecule has 0 aliphatic rings. The monoisotopic (exact) mass is 222 g/mol. The van der Waals surface area contributed by atoms with Crippen LogP contribution < -0.4 is 4.74 Å². The second-order valence-corrected chi connectivity index (χ2v) is 3.83. The normalized spacial score (nSPS) is 10.2. The van der Waals surface area contributed by atoms with E-state index >= 15 is 0 Å². The molecule has 0 radical (unpaired) electrons. The Morgan fingerprint density at radius 2 is 1.75 bits per heavy atom. The van der Waals surface area contributed by atoms with Crippen molar-refractivity contribution >= 4 is 5.78 Å². The molecule has 88 valence electrons. The molecule has 0 N–H and O–H groups in total. The van der Waals surface area contributed by atoms with Gasteiger partial charge in [0.25, 0.3) is 0 Å². The van der Waals surface area contributed by atoms with E-state index in [-0.39, 0.29) is 5.78 Å². The van der Waals surface area contributed by atoms with Gasteiger partial charge in [-0.1, -0.05) is 0 Å². The summed E-state index contributed by atoms with van der Waals surface area (Å²) in [5, 5.41) is 0. The van der Waals surface area contributed by atoms with Crippen LogP contribution in [-0.2, 0) is 4.74 Å². The molecule has 1 aromatic rings. The maximum Gasteiger partial charge on any atom is 0.160 e. The Labute approximate surface area is 96.4 Å². The molecule has 0 amide bonds. The van der Waals surface area contributed by atoms with Gasteiger partial charge in [0, 0.05) is 12.7 Å². The largest absolute Gasteiger partial charge is 0.491 e. The van der Waals surface area contributed by atoms with Gasteiger partial charge in [-0.15, -0.1) is 0 Å². The zero-order chi connectivity index (χ0) is 12.1. The molecule has 0 fully saturated rings. The van der Waals surface area contributed by atoms with Crippen molar-refractivity contribution in [1.29, 1.82) is 0 Å². The molecule has 0 saturated carbocycles. The number of benzene rings is 1. The first-order chi connectivity index (χ1) is 7.56. The van der Waals surface area contributed by atoms with Crippen molar-refractivity contribution in [3.05, 3.63) is 28.8 Å². The maximum atomic E-state index is 11.4. The lowest BCUT2D eigenvalue weighted by Gasteiger charge is -2.11. The van der Waals surface area contributed by atoms with E-state index in [1.807, 2.05) is 26.0 Å². The molecule has 0 aromatic heterocycles. The third-order valence-corrected chi connectivity index (χ3v) is 2.41. The number of Topliss-reactive ketones (excluding diaryl/α,β-unsaturated/α-hetero) is 1. The van der Waals surface area contributed by atoms with Crippen molar-refractivity contribution < 1.29 is 14.3 Å². The molecule has 1 rings (SSSR count). The minimum absolute atomic E-state index is 0.0958. The Kier molecular flexibility index (Phi) is 4.50. The number of carbonyl (C=O) groups is 1. The highest BCUT2D eigenvalue weighted by Crippen LogP contribution is 2.22. The molecule has 16 heavy (non-hydrogen) atoms. The van der Waals surface area contributed by atoms with E-state index in [4.69, 9.17) is 9.47 Å². The molecule has 0 saturated heterocycles. The van der Waals surface area contributed by atoms with Gasteiger partial charge in [0.2, 0.25) is 0 Å². The number of methoxy groups -OCH3 is 1. The number of rotatable bonds is 5. The first kappa shape index (κ1) is 12.7. The lowest BCUT2D eigenvalue weighted by atomic mass is 9.99. The summed E-state index contributed by atoms with van der Waals surface area (Å²) in [6.45, 7) is 6.52. The molecular formula is C13H18O3. The number of carbonyl (C=O) groups excluding carboxylic acids is 1. The zero-order valence-corrected chi connectivity index (χ0v) is 10.3. The summed E-state index contributed by atoms with van der Waals surface area (Å²) in [7, 11) is 1.64. The van der Waals surface area contributed by atoms with Crippen LogP contribution in [-0.4, -0.2) is 26.1 Å². The van der Waals surface area contributed by atoms with Crippen molar-refractivity contribution in [2.75, 3.05) is 20.3 Å². The summed E-state index contributed by atoms with van der Waals surface area (Å²) in [5.74, 6) is 0.885. The van der Waals surface area contributed by atoms with Gasteiger partial charge >= 0.3 is 0 Å². The molecule has 0 atom stereocenters.